The smallest absolute Gasteiger partial charge is 0.159 e. The number of benzene rings is 1. The molecular formula is C12H12F2O. The summed E-state index contributed by atoms with van der Waals surface area (Å²) in [7, 11) is 0. The molecule has 0 N–H and O–H groups in total. The zero-order valence-corrected chi connectivity index (χ0v) is 8.30. The van der Waals surface area contributed by atoms with Crippen molar-refractivity contribution < 1.29 is 13.6 Å². The van der Waals surface area contributed by atoms with Gasteiger partial charge in [-0.25, -0.2) is 8.78 Å². The molecule has 0 heterocycles. The molecule has 1 aliphatic rings. The molecule has 2 rings (SSSR count). The minimum atomic E-state index is -0.833. The van der Waals surface area contributed by atoms with Gasteiger partial charge < -0.3 is 0 Å². The van der Waals surface area contributed by atoms with Crippen molar-refractivity contribution in [3.8, 4) is 0 Å². The van der Waals surface area contributed by atoms with Gasteiger partial charge in [0.15, 0.2) is 11.6 Å². The summed E-state index contributed by atoms with van der Waals surface area (Å²) in [5.74, 6) is -1.37. The van der Waals surface area contributed by atoms with Gasteiger partial charge in [-0.3, -0.25) is 4.79 Å². The maximum atomic E-state index is 13.0. The Morgan fingerprint density at radius 2 is 2.00 bits per heavy atom. The highest BCUT2D eigenvalue weighted by atomic mass is 19.2. The standard InChI is InChI=1S/C12H12F2O/c13-11-5-4-9(7-12(11)14)8-2-1-3-10(15)6-8/h4-5,7-8H,1-3,6H2/t8-/m0/s1. The van der Waals surface area contributed by atoms with Crippen LogP contribution >= 0.6 is 0 Å². The fraction of sp³-hybridized carbons (Fsp3) is 0.417. The molecule has 0 radical (unpaired) electrons. The van der Waals surface area contributed by atoms with Crippen LogP contribution < -0.4 is 0 Å². The molecule has 1 fully saturated rings. The first-order valence-electron chi connectivity index (χ1n) is 5.13. The average molecular weight is 210 g/mol. The monoisotopic (exact) mass is 210 g/mol. The molecule has 1 aromatic rings. The summed E-state index contributed by atoms with van der Waals surface area (Å²) in [6.07, 6.45) is 2.82. The van der Waals surface area contributed by atoms with E-state index in [4.69, 9.17) is 0 Å². The number of halogens is 2. The minimum Gasteiger partial charge on any atom is -0.300 e. The van der Waals surface area contributed by atoms with Crippen molar-refractivity contribution >= 4 is 5.78 Å². The summed E-state index contributed by atoms with van der Waals surface area (Å²) in [5.41, 5.74) is 0.738. The van der Waals surface area contributed by atoms with Gasteiger partial charge in [0.1, 0.15) is 5.78 Å². The van der Waals surface area contributed by atoms with E-state index in [1.807, 2.05) is 0 Å². The van der Waals surface area contributed by atoms with Gasteiger partial charge in [0.05, 0.1) is 0 Å². The van der Waals surface area contributed by atoms with Gasteiger partial charge >= 0.3 is 0 Å². The lowest BCUT2D eigenvalue weighted by Gasteiger charge is -2.21. The second-order valence-electron chi connectivity index (χ2n) is 4.01. The Hall–Kier alpha value is -1.25. The van der Waals surface area contributed by atoms with Crippen molar-refractivity contribution in [3.63, 3.8) is 0 Å². The summed E-state index contributed by atoms with van der Waals surface area (Å²) in [6, 6.07) is 3.91. The molecule has 1 aliphatic carbocycles. The second-order valence-corrected chi connectivity index (χ2v) is 4.01. The van der Waals surface area contributed by atoms with Gasteiger partial charge in [0.2, 0.25) is 0 Å². The minimum absolute atomic E-state index is 0.0707. The summed E-state index contributed by atoms with van der Waals surface area (Å²) in [6.45, 7) is 0. The van der Waals surface area contributed by atoms with Crippen LogP contribution in [0.25, 0.3) is 0 Å². The van der Waals surface area contributed by atoms with E-state index in [-0.39, 0.29) is 11.7 Å². The first-order chi connectivity index (χ1) is 7.16. The van der Waals surface area contributed by atoms with Crippen molar-refractivity contribution in [1.82, 2.24) is 0 Å². The van der Waals surface area contributed by atoms with E-state index in [9.17, 15) is 13.6 Å². The third kappa shape index (κ3) is 2.22. The first-order valence-corrected chi connectivity index (χ1v) is 5.13. The van der Waals surface area contributed by atoms with Crippen molar-refractivity contribution in [3.05, 3.63) is 35.4 Å². The van der Waals surface area contributed by atoms with Crippen LogP contribution in [-0.4, -0.2) is 5.78 Å². The quantitative estimate of drug-likeness (QED) is 0.695. The number of ketones is 1. The SMILES string of the molecule is O=C1CCC[C@H](c2ccc(F)c(F)c2)C1. The van der Waals surface area contributed by atoms with E-state index >= 15 is 0 Å². The average Bonchev–Trinajstić information content (AvgIpc) is 2.22. The Balaban J connectivity index is 2.21. The number of Topliss-reactive ketones (excluding diaryl/α,β-unsaturated/α-hetero) is 1. The molecule has 0 aliphatic heterocycles. The molecule has 1 aromatic carbocycles. The predicted octanol–water partition coefficient (Wildman–Crippen LogP) is 3.19. The third-order valence-electron chi connectivity index (χ3n) is 2.90. The maximum Gasteiger partial charge on any atom is 0.159 e. The summed E-state index contributed by atoms with van der Waals surface area (Å²) < 4.78 is 25.7. The highest BCUT2D eigenvalue weighted by Gasteiger charge is 2.21. The fourth-order valence-electron chi connectivity index (χ4n) is 2.08. The number of carbonyl (C=O) groups is 1. The van der Waals surface area contributed by atoms with Gasteiger partial charge in [-0.05, 0) is 36.5 Å². The van der Waals surface area contributed by atoms with Gasteiger partial charge in [-0.2, -0.15) is 0 Å². The predicted molar refractivity (Wildman–Crippen MR) is 52.6 cm³/mol. The van der Waals surface area contributed by atoms with Gasteiger partial charge in [0, 0.05) is 12.8 Å². The van der Waals surface area contributed by atoms with Crippen LogP contribution in [0.4, 0.5) is 8.78 Å². The highest BCUT2D eigenvalue weighted by Crippen LogP contribution is 2.31. The van der Waals surface area contributed by atoms with Crippen LogP contribution in [0.3, 0.4) is 0 Å². The zero-order valence-electron chi connectivity index (χ0n) is 8.30. The van der Waals surface area contributed by atoms with E-state index in [1.54, 1.807) is 6.07 Å². The van der Waals surface area contributed by atoms with Crippen molar-refractivity contribution in [2.45, 2.75) is 31.6 Å². The van der Waals surface area contributed by atoms with Crippen molar-refractivity contribution in [2.24, 2.45) is 0 Å². The topological polar surface area (TPSA) is 17.1 Å². The number of hydrogen-bond acceptors (Lipinski definition) is 1. The first kappa shape index (κ1) is 10.3. The van der Waals surface area contributed by atoms with Crippen LogP contribution in [0.15, 0.2) is 18.2 Å². The van der Waals surface area contributed by atoms with E-state index in [1.165, 1.54) is 6.07 Å². The van der Waals surface area contributed by atoms with Crippen LogP contribution in [0, 0.1) is 11.6 Å². The van der Waals surface area contributed by atoms with E-state index < -0.39 is 11.6 Å². The highest BCUT2D eigenvalue weighted by molar-refractivity contribution is 5.80. The van der Waals surface area contributed by atoms with Crippen LogP contribution in [-0.2, 0) is 4.79 Å². The molecule has 0 bridgehead atoms. The Kier molecular flexibility index (Phi) is 2.80. The van der Waals surface area contributed by atoms with Crippen molar-refractivity contribution in [2.75, 3.05) is 0 Å². The van der Waals surface area contributed by atoms with Crippen molar-refractivity contribution in [1.29, 1.82) is 0 Å². The summed E-state index contributed by atoms with van der Waals surface area (Å²) >= 11 is 0. The lowest BCUT2D eigenvalue weighted by atomic mass is 9.83. The molecule has 3 heteroatoms. The Bertz CT molecular complexity index is 387. The molecule has 0 spiro atoms. The number of hydrogen-bond donors (Lipinski definition) is 0. The molecular weight excluding hydrogens is 198 g/mol. The number of rotatable bonds is 1. The molecule has 15 heavy (non-hydrogen) atoms. The van der Waals surface area contributed by atoms with Crippen LogP contribution in [0.5, 0.6) is 0 Å². The third-order valence-corrected chi connectivity index (χ3v) is 2.90. The second kappa shape index (κ2) is 4.09. The molecule has 0 aromatic heterocycles. The molecule has 1 saturated carbocycles. The molecule has 0 amide bonds. The summed E-state index contributed by atoms with van der Waals surface area (Å²) in [4.78, 5) is 11.2. The lowest BCUT2D eigenvalue weighted by Crippen LogP contribution is -2.13. The number of carbonyl (C=O) groups excluding carboxylic acids is 1. The molecule has 80 valence electrons. The van der Waals surface area contributed by atoms with Gasteiger partial charge in [0.25, 0.3) is 0 Å². The van der Waals surface area contributed by atoms with E-state index in [0.29, 0.717) is 12.8 Å². The Labute approximate surface area is 87.1 Å². The van der Waals surface area contributed by atoms with Gasteiger partial charge in [-0.15, -0.1) is 0 Å². The van der Waals surface area contributed by atoms with E-state index in [2.05, 4.69) is 0 Å². The Morgan fingerprint density at radius 3 is 2.67 bits per heavy atom. The van der Waals surface area contributed by atoms with Crippen LogP contribution in [0.2, 0.25) is 0 Å². The fourth-order valence-corrected chi connectivity index (χ4v) is 2.08. The van der Waals surface area contributed by atoms with E-state index in [0.717, 1.165) is 24.5 Å². The molecule has 1 atom stereocenters. The molecule has 0 saturated heterocycles. The summed E-state index contributed by atoms with van der Waals surface area (Å²) in [5, 5.41) is 0. The maximum absolute atomic E-state index is 13.0. The molecule has 1 nitrogen and oxygen atoms in total. The zero-order chi connectivity index (χ0) is 10.8. The van der Waals surface area contributed by atoms with Crippen LogP contribution in [0.1, 0.15) is 37.2 Å². The Morgan fingerprint density at radius 1 is 1.20 bits per heavy atom. The largest absolute Gasteiger partial charge is 0.300 e. The normalized spacial score (nSPS) is 21.7. The lowest BCUT2D eigenvalue weighted by molar-refractivity contribution is -0.120. The van der Waals surface area contributed by atoms with Gasteiger partial charge in [-0.1, -0.05) is 6.07 Å². The molecule has 0 unspecified atom stereocenters.